The molecule has 0 saturated heterocycles. The van der Waals surface area contributed by atoms with E-state index in [1.54, 1.807) is 0 Å². The van der Waals surface area contributed by atoms with Gasteiger partial charge in [0.1, 0.15) is 11.4 Å². The minimum atomic E-state index is -0.504. The van der Waals surface area contributed by atoms with Gasteiger partial charge in [0.15, 0.2) is 0 Å². The highest BCUT2D eigenvalue weighted by Gasteiger charge is 2.41. The average Bonchev–Trinajstić information content (AvgIpc) is 3.16. The Hall–Kier alpha value is -2.53. The number of benzene rings is 1. The van der Waals surface area contributed by atoms with Crippen LogP contribution in [0.5, 0.6) is 0 Å². The number of fused-ring (bicyclic) bond motifs is 1. The third-order valence-electron chi connectivity index (χ3n) is 7.72. The Morgan fingerprint density at radius 1 is 1.26 bits per heavy atom. The summed E-state index contributed by atoms with van der Waals surface area (Å²) in [5, 5.41) is 12.6. The van der Waals surface area contributed by atoms with Crippen molar-refractivity contribution in [3.8, 4) is 0 Å². The number of amides is 1. The van der Waals surface area contributed by atoms with Gasteiger partial charge in [-0.25, -0.2) is 4.68 Å². The van der Waals surface area contributed by atoms with Crippen LogP contribution >= 0.6 is 11.6 Å². The van der Waals surface area contributed by atoms with Gasteiger partial charge in [0, 0.05) is 17.0 Å². The summed E-state index contributed by atoms with van der Waals surface area (Å²) in [6.45, 7) is 12.6. The standard InChI is InChI=1S/C28H37ClN4O/c1-7-28(8-2,21-15-14-18(3)22(29)16-21)31-26(34)24-19(4)32-33-25(24)30-23(17-27(33,5)6)20-12-10-9-11-13-20/h9-12,14-16,20,23,30H,7-8,13,17H2,1-6H3,(H,31,34)/t20?,23-/m1/s1. The Balaban J connectivity index is 1.70. The molecule has 1 aromatic heterocycles. The quantitative estimate of drug-likeness (QED) is 0.486. The molecule has 1 aliphatic heterocycles. The van der Waals surface area contributed by atoms with Crippen LogP contribution in [0, 0.1) is 19.8 Å². The zero-order valence-corrected chi connectivity index (χ0v) is 22.0. The van der Waals surface area contributed by atoms with E-state index in [0.29, 0.717) is 11.5 Å². The van der Waals surface area contributed by atoms with Crippen molar-refractivity contribution >= 4 is 23.3 Å². The fraction of sp³-hybridized carbons (Fsp3) is 0.500. The number of carbonyl (C=O) groups is 1. The van der Waals surface area contributed by atoms with Gasteiger partial charge in [0.2, 0.25) is 0 Å². The lowest BCUT2D eigenvalue weighted by molar-refractivity contribution is 0.0889. The van der Waals surface area contributed by atoms with E-state index in [1.807, 2.05) is 30.7 Å². The summed E-state index contributed by atoms with van der Waals surface area (Å²) >= 11 is 6.46. The van der Waals surface area contributed by atoms with E-state index in [-0.39, 0.29) is 17.5 Å². The van der Waals surface area contributed by atoms with Gasteiger partial charge >= 0.3 is 0 Å². The first-order valence-electron chi connectivity index (χ1n) is 12.4. The number of rotatable bonds is 6. The molecule has 1 aromatic carbocycles. The van der Waals surface area contributed by atoms with E-state index in [0.717, 1.165) is 53.3 Å². The second kappa shape index (κ2) is 9.26. The van der Waals surface area contributed by atoms with E-state index >= 15 is 0 Å². The maximum absolute atomic E-state index is 13.9. The number of hydrogen-bond donors (Lipinski definition) is 2. The molecule has 4 rings (SSSR count). The van der Waals surface area contributed by atoms with Crippen LogP contribution in [-0.2, 0) is 11.1 Å². The Morgan fingerprint density at radius 3 is 2.62 bits per heavy atom. The van der Waals surface area contributed by atoms with Gasteiger partial charge in [-0.2, -0.15) is 5.10 Å². The molecule has 0 radical (unpaired) electrons. The van der Waals surface area contributed by atoms with Gasteiger partial charge in [-0.05, 0) is 70.6 Å². The predicted molar refractivity (Wildman–Crippen MR) is 141 cm³/mol. The molecule has 1 amide bonds. The third kappa shape index (κ3) is 4.31. The monoisotopic (exact) mass is 480 g/mol. The molecule has 2 aliphatic rings. The van der Waals surface area contributed by atoms with Crippen molar-refractivity contribution in [3.05, 3.63) is 69.9 Å². The van der Waals surface area contributed by atoms with Gasteiger partial charge in [-0.1, -0.05) is 61.9 Å². The first-order chi connectivity index (χ1) is 16.1. The highest BCUT2D eigenvalue weighted by molar-refractivity contribution is 6.31. The smallest absolute Gasteiger partial charge is 0.257 e. The summed E-state index contributed by atoms with van der Waals surface area (Å²) in [6, 6.07) is 6.34. The largest absolute Gasteiger partial charge is 0.366 e. The van der Waals surface area contributed by atoms with Crippen LogP contribution < -0.4 is 10.6 Å². The van der Waals surface area contributed by atoms with Crippen LogP contribution in [0.4, 0.5) is 5.82 Å². The maximum atomic E-state index is 13.9. The zero-order valence-electron chi connectivity index (χ0n) is 21.2. The summed E-state index contributed by atoms with van der Waals surface area (Å²) in [7, 11) is 0. The third-order valence-corrected chi connectivity index (χ3v) is 8.12. The van der Waals surface area contributed by atoms with E-state index in [4.69, 9.17) is 16.7 Å². The Kier molecular flexibility index (Phi) is 6.69. The number of carbonyl (C=O) groups excluding carboxylic acids is 1. The molecule has 2 atom stereocenters. The molecule has 0 bridgehead atoms. The summed E-state index contributed by atoms with van der Waals surface area (Å²) in [6.07, 6.45) is 12.2. The molecular weight excluding hydrogens is 444 g/mol. The van der Waals surface area contributed by atoms with Gasteiger partial charge in [0.05, 0.1) is 16.8 Å². The van der Waals surface area contributed by atoms with Crippen LogP contribution in [0.2, 0.25) is 5.02 Å². The summed E-state index contributed by atoms with van der Waals surface area (Å²) in [5.41, 5.74) is 2.75. The van der Waals surface area contributed by atoms with Gasteiger partial charge in [-0.3, -0.25) is 4.79 Å². The first-order valence-corrected chi connectivity index (χ1v) is 12.8. The number of allylic oxidation sites excluding steroid dienone is 3. The molecule has 1 unspecified atom stereocenters. The van der Waals surface area contributed by atoms with Crippen molar-refractivity contribution in [1.82, 2.24) is 15.1 Å². The van der Waals surface area contributed by atoms with E-state index < -0.39 is 5.54 Å². The maximum Gasteiger partial charge on any atom is 0.257 e. The van der Waals surface area contributed by atoms with Crippen LogP contribution in [0.1, 0.15) is 80.6 Å². The molecule has 6 heteroatoms. The Labute approximate surface area is 208 Å². The highest BCUT2D eigenvalue weighted by atomic mass is 35.5. The number of nitrogens with one attached hydrogen (secondary N) is 2. The van der Waals surface area contributed by atoms with Crippen LogP contribution in [-0.4, -0.2) is 21.7 Å². The Bertz CT molecular complexity index is 1140. The lowest BCUT2D eigenvalue weighted by atomic mass is 9.82. The fourth-order valence-electron chi connectivity index (χ4n) is 5.46. The van der Waals surface area contributed by atoms with E-state index in [1.165, 1.54) is 0 Å². The molecule has 34 heavy (non-hydrogen) atoms. The highest BCUT2D eigenvalue weighted by Crippen LogP contribution is 2.39. The SMILES string of the molecule is CCC(CC)(NC(=O)c1c(C)nn2c1N[C@@H](C1C=CC=CC1)CC2(C)C)c1ccc(C)c(Cl)c1. The predicted octanol–water partition coefficient (Wildman–Crippen LogP) is 6.65. The normalized spacial score (nSPS) is 21.1. The molecule has 2 aromatic rings. The average molecular weight is 481 g/mol. The molecule has 182 valence electrons. The molecule has 0 saturated carbocycles. The molecule has 5 nitrogen and oxygen atoms in total. The number of anilines is 1. The lowest BCUT2D eigenvalue weighted by Gasteiger charge is -2.41. The minimum absolute atomic E-state index is 0.0952. The topological polar surface area (TPSA) is 59.0 Å². The van der Waals surface area contributed by atoms with E-state index in [9.17, 15) is 4.79 Å². The van der Waals surface area contributed by atoms with Crippen LogP contribution in [0.3, 0.4) is 0 Å². The number of aryl methyl sites for hydroxylation is 2. The van der Waals surface area contributed by atoms with Crippen LogP contribution in [0.15, 0.2) is 42.5 Å². The van der Waals surface area contributed by atoms with Crippen molar-refractivity contribution in [2.75, 3.05) is 5.32 Å². The molecule has 0 fully saturated rings. The summed E-state index contributed by atoms with van der Waals surface area (Å²) in [4.78, 5) is 13.9. The van der Waals surface area contributed by atoms with Crippen molar-refractivity contribution in [2.24, 2.45) is 5.92 Å². The number of halogens is 1. The van der Waals surface area contributed by atoms with Gasteiger partial charge in [0.25, 0.3) is 5.91 Å². The molecule has 2 heterocycles. The first kappa shape index (κ1) is 24.6. The number of aromatic nitrogens is 2. The second-order valence-corrected chi connectivity index (χ2v) is 10.8. The van der Waals surface area contributed by atoms with Gasteiger partial charge in [-0.15, -0.1) is 0 Å². The van der Waals surface area contributed by atoms with Gasteiger partial charge < -0.3 is 10.6 Å². The minimum Gasteiger partial charge on any atom is -0.366 e. The zero-order chi connectivity index (χ0) is 24.7. The summed E-state index contributed by atoms with van der Waals surface area (Å²) in [5.74, 6) is 1.12. The fourth-order valence-corrected chi connectivity index (χ4v) is 5.64. The molecule has 0 spiro atoms. The second-order valence-electron chi connectivity index (χ2n) is 10.4. The van der Waals surface area contributed by atoms with Crippen molar-refractivity contribution in [3.63, 3.8) is 0 Å². The Morgan fingerprint density at radius 2 is 2.00 bits per heavy atom. The summed E-state index contributed by atoms with van der Waals surface area (Å²) < 4.78 is 2.01. The van der Waals surface area contributed by atoms with Crippen LogP contribution in [0.25, 0.3) is 0 Å². The van der Waals surface area contributed by atoms with Crippen molar-refractivity contribution < 1.29 is 4.79 Å². The molecular formula is C28H37ClN4O. The van der Waals surface area contributed by atoms with E-state index in [2.05, 4.69) is 68.7 Å². The van der Waals surface area contributed by atoms with Crippen molar-refractivity contribution in [1.29, 1.82) is 0 Å². The number of hydrogen-bond acceptors (Lipinski definition) is 3. The molecule has 1 aliphatic carbocycles. The lowest BCUT2D eigenvalue weighted by Crippen LogP contribution is -2.47. The number of nitrogens with zero attached hydrogens (tertiary/aromatic N) is 2. The molecule has 2 N–H and O–H groups in total. The van der Waals surface area contributed by atoms with Crippen molar-refractivity contribution in [2.45, 2.75) is 84.3 Å².